The predicted octanol–water partition coefficient (Wildman–Crippen LogP) is 4.30. The SMILES string of the molecule is CCOC(=S)SCC(=O)CCC1CN(C(C)=O)c2ccc(Br)cc21. The number of anilines is 1. The quantitative estimate of drug-likeness (QED) is 0.630. The number of carbonyl (C=O) groups excluding carboxylic acids is 2. The van der Waals surface area contributed by atoms with Crippen molar-refractivity contribution < 1.29 is 14.3 Å². The van der Waals surface area contributed by atoms with E-state index in [2.05, 4.69) is 15.9 Å². The minimum absolute atomic E-state index is 0.0324. The van der Waals surface area contributed by atoms with Crippen LogP contribution in [0.3, 0.4) is 0 Å². The van der Waals surface area contributed by atoms with E-state index in [4.69, 9.17) is 17.0 Å². The van der Waals surface area contributed by atoms with Crippen molar-refractivity contribution in [2.45, 2.75) is 32.6 Å². The first-order valence-electron chi connectivity index (χ1n) is 7.81. The van der Waals surface area contributed by atoms with E-state index in [1.54, 1.807) is 11.8 Å². The van der Waals surface area contributed by atoms with Crippen LogP contribution in [-0.2, 0) is 14.3 Å². The standard InChI is InChI=1S/C17H20BrNO3S2/c1-3-22-17(23)24-10-14(21)6-4-12-9-19(11(2)20)16-7-5-13(18)8-15(12)16/h5,7-8,12H,3-4,6,9-10H2,1-2H3. The minimum Gasteiger partial charge on any atom is -0.479 e. The molecule has 1 heterocycles. The van der Waals surface area contributed by atoms with Gasteiger partial charge in [0.15, 0.2) is 0 Å². The fourth-order valence-corrected chi connectivity index (χ4v) is 4.06. The Morgan fingerprint density at radius 2 is 2.21 bits per heavy atom. The van der Waals surface area contributed by atoms with Gasteiger partial charge in [-0.3, -0.25) is 9.59 Å². The Labute approximate surface area is 160 Å². The molecule has 0 aliphatic carbocycles. The van der Waals surface area contributed by atoms with Gasteiger partial charge in [-0.2, -0.15) is 0 Å². The molecular weight excluding hydrogens is 410 g/mol. The fraction of sp³-hybridized carbons (Fsp3) is 0.471. The number of hydrogen-bond acceptors (Lipinski definition) is 5. The number of amides is 1. The van der Waals surface area contributed by atoms with Crippen molar-refractivity contribution in [3.63, 3.8) is 0 Å². The molecule has 1 unspecified atom stereocenters. The van der Waals surface area contributed by atoms with Crippen molar-refractivity contribution in [1.29, 1.82) is 0 Å². The summed E-state index contributed by atoms with van der Waals surface area (Å²) in [5, 5.41) is 0. The fourth-order valence-electron chi connectivity index (χ4n) is 2.77. The molecule has 0 N–H and O–H groups in total. The highest BCUT2D eigenvalue weighted by Crippen LogP contribution is 2.40. The Morgan fingerprint density at radius 3 is 2.88 bits per heavy atom. The highest BCUT2D eigenvalue weighted by molar-refractivity contribution is 9.10. The van der Waals surface area contributed by atoms with Gasteiger partial charge in [0.1, 0.15) is 5.78 Å². The molecule has 0 saturated carbocycles. The zero-order chi connectivity index (χ0) is 17.7. The highest BCUT2D eigenvalue weighted by atomic mass is 79.9. The molecule has 1 aromatic rings. The summed E-state index contributed by atoms with van der Waals surface area (Å²) in [7, 11) is 0. The van der Waals surface area contributed by atoms with Crippen LogP contribution in [0.2, 0.25) is 0 Å². The van der Waals surface area contributed by atoms with Crippen LogP contribution < -0.4 is 4.90 Å². The van der Waals surface area contributed by atoms with E-state index < -0.39 is 0 Å². The number of rotatable bonds is 6. The second kappa shape index (κ2) is 8.97. The van der Waals surface area contributed by atoms with E-state index in [1.807, 2.05) is 25.1 Å². The molecule has 7 heteroatoms. The number of hydrogen-bond donors (Lipinski definition) is 0. The number of carbonyl (C=O) groups is 2. The van der Waals surface area contributed by atoms with Gasteiger partial charge in [0.05, 0.1) is 12.4 Å². The number of halogens is 1. The topological polar surface area (TPSA) is 46.6 Å². The van der Waals surface area contributed by atoms with Gasteiger partial charge in [-0.1, -0.05) is 27.7 Å². The Hall–Kier alpha value is -0.920. The number of ketones is 1. The molecule has 0 aromatic heterocycles. The number of nitrogens with zero attached hydrogens (tertiary/aromatic N) is 1. The number of thioether (sulfide) groups is 1. The summed E-state index contributed by atoms with van der Waals surface area (Å²) in [5.74, 6) is 0.715. The summed E-state index contributed by atoms with van der Waals surface area (Å²) in [5.41, 5.74) is 2.08. The van der Waals surface area contributed by atoms with Gasteiger partial charge in [-0.05, 0) is 49.3 Å². The lowest BCUT2D eigenvalue weighted by Gasteiger charge is -2.15. The maximum atomic E-state index is 12.1. The minimum atomic E-state index is 0.0324. The number of fused-ring (bicyclic) bond motifs is 1. The van der Waals surface area contributed by atoms with E-state index in [-0.39, 0.29) is 17.6 Å². The Kier molecular flexibility index (Phi) is 7.25. The first-order valence-corrected chi connectivity index (χ1v) is 9.99. The lowest BCUT2D eigenvalue weighted by Crippen LogP contribution is -2.27. The average Bonchev–Trinajstić information content (AvgIpc) is 2.89. The molecule has 0 bridgehead atoms. The monoisotopic (exact) mass is 429 g/mol. The van der Waals surface area contributed by atoms with Gasteiger partial charge in [0.2, 0.25) is 10.3 Å². The lowest BCUT2D eigenvalue weighted by atomic mass is 9.95. The van der Waals surface area contributed by atoms with Crippen molar-refractivity contribution in [2.75, 3.05) is 23.8 Å². The Bertz CT molecular complexity index is 651. The molecular formula is C17H20BrNO3S2. The van der Waals surface area contributed by atoms with Crippen LogP contribution >= 0.6 is 39.9 Å². The zero-order valence-corrected chi connectivity index (χ0v) is 16.9. The lowest BCUT2D eigenvalue weighted by molar-refractivity contribution is -0.117. The van der Waals surface area contributed by atoms with E-state index in [0.29, 0.717) is 29.7 Å². The van der Waals surface area contributed by atoms with Crippen LogP contribution in [0.25, 0.3) is 0 Å². The molecule has 24 heavy (non-hydrogen) atoms. The Balaban J connectivity index is 1.94. The van der Waals surface area contributed by atoms with E-state index >= 15 is 0 Å². The van der Waals surface area contributed by atoms with Crippen LogP contribution in [-0.4, -0.2) is 35.0 Å². The largest absolute Gasteiger partial charge is 0.479 e. The van der Waals surface area contributed by atoms with Gasteiger partial charge in [-0.25, -0.2) is 0 Å². The number of Topliss-reactive ketones (excluding diaryl/α,β-unsaturated/α-hetero) is 1. The average molecular weight is 430 g/mol. The number of thiocarbonyl (C=S) groups is 1. The van der Waals surface area contributed by atoms with E-state index in [9.17, 15) is 9.59 Å². The molecule has 0 radical (unpaired) electrons. The van der Waals surface area contributed by atoms with Crippen molar-refractivity contribution in [1.82, 2.24) is 0 Å². The van der Waals surface area contributed by atoms with Crippen LogP contribution in [0.4, 0.5) is 5.69 Å². The van der Waals surface area contributed by atoms with Crippen LogP contribution in [0.5, 0.6) is 0 Å². The molecule has 2 rings (SSSR count). The third-order valence-electron chi connectivity index (χ3n) is 3.89. The molecule has 4 nitrogen and oxygen atoms in total. The van der Waals surface area contributed by atoms with Gasteiger partial charge >= 0.3 is 0 Å². The molecule has 1 amide bonds. The summed E-state index contributed by atoms with van der Waals surface area (Å²) in [6.07, 6.45) is 1.21. The molecule has 1 aromatic carbocycles. The molecule has 0 fully saturated rings. The normalized spacial score (nSPS) is 16.0. The summed E-state index contributed by atoms with van der Waals surface area (Å²) in [6, 6.07) is 5.94. The van der Waals surface area contributed by atoms with Gasteiger partial charge in [-0.15, -0.1) is 0 Å². The summed E-state index contributed by atoms with van der Waals surface area (Å²) >= 11 is 9.77. The number of benzene rings is 1. The maximum Gasteiger partial charge on any atom is 0.223 e. The molecule has 1 aliphatic heterocycles. The van der Waals surface area contributed by atoms with Crippen molar-refractivity contribution in [3.8, 4) is 0 Å². The predicted molar refractivity (Wildman–Crippen MR) is 106 cm³/mol. The van der Waals surface area contributed by atoms with E-state index in [1.165, 1.54) is 11.8 Å². The van der Waals surface area contributed by atoms with Crippen molar-refractivity contribution in [2.24, 2.45) is 0 Å². The second-order valence-corrected chi connectivity index (χ2v) is 8.07. The summed E-state index contributed by atoms with van der Waals surface area (Å²) in [6.45, 7) is 4.60. The number of ether oxygens (including phenoxy) is 1. The maximum absolute atomic E-state index is 12.1. The molecule has 0 saturated heterocycles. The van der Waals surface area contributed by atoms with Crippen molar-refractivity contribution in [3.05, 3.63) is 28.2 Å². The van der Waals surface area contributed by atoms with Crippen LogP contribution in [0.1, 0.15) is 38.2 Å². The third-order valence-corrected chi connectivity index (χ3v) is 5.67. The first kappa shape index (κ1) is 19.4. The Morgan fingerprint density at radius 1 is 1.46 bits per heavy atom. The van der Waals surface area contributed by atoms with Crippen molar-refractivity contribution >= 4 is 61.7 Å². The van der Waals surface area contributed by atoms with Gasteiger partial charge in [0, 0.05) is 36.0 Å². The van der Waals surface area contributed by atoms with E-state index in [0.717, 1.165) is 22.1 Å². The van der Waals surface area contributed by atoms with Crippen LogP contribution in [0, 0.1) is 0 Å². The van der Waals surface area contributed by atoms with Gasteiger partial charge < -0.3 is 9.64 Å². The molecule has 1 aliphatic rings. The zero-order valence-electron chi connectivity index (χ0n) is 13.7. The summed E-state index contributed by atoms with van der Waals surface area (Å²) in [4.78, 5) is 25.7. The second-order valence-electron chi connectivity index (χ2n) is 5.58. The third kappa shape index (κ3) is 5.04. The molecule has 0 spiro atoms. The van der Waals surface area contributed by atoms with Gasteiger partial charge in [0.25, 0.3) is 0 Å². The smallest absolute Gasteiger partial charge is 0.223 e. The van der Waals surface area contributed by atoms with Crippen LogP contribution in [0.15, 0.2) is 22.7 Å². The summed E-state index contributed by atoms with van der Waals surface area (Å²) < 4.78 is 6.57. The molecule has 130 valence electrons. The first-order chi connectivity index (χ1) is 11.4. The highest BCUT2D eigenvalue weighted by Gasteiger charge is 2.31. The molecule has 1 atom stereocenters.